The molecule has 204 valence electrons. The molecule has 1 amide bonds. The highest BCUT2D eigenvalue weighted by Crippen LogP contribution is 2.39. The van der Waals surface area contributed by atoms with Gasteiger partial charge >= 0.3 is 0 Å². The van der Waals surface area contributed by atoms with Crippen LogP contribution >= 0.6 is 47.2 Å². The fourth-order valence-electron chi connectivity index (χ4n) is 4.92. The highest BCUT2D eigenvalue weighted by molar-refractivity contribution is 6.38. The number of rotatable bonds is 4. The van der Waals surface area contributed by atoms with E-state index in [1.807, 2.05) is 30.3 Å². The van der Waals surface area contributed by atoms with Gasteiger partial charge in [0.25, 0.3) is 5.56 Å². The van der Waals surface area contributed by atoms with E-state index >= 15 is 0 Å². The first kappa shape index (κ1) is 29.2. The van der Waals surface area contributed by atoms with Gasteiger partial charge in [0, 0.05) is 53.9 Å². The normalized spacial score (nSPS) is 13.9. The molecule has 0 atom stereocenters. The number of carbonyl (C=O) groups excluding carboxylic acids is 1. The lowest BCUT2D eigenvalue weighted by molar-refractivity contribution is -0.136. The molecule has 3 aromatic carbocycles. The van der Waals surface area contributed by atoms with E-state index < -0.39 is 5.54 Å². The Morgan fingerprint density at radius 3 is 2.05 bits per heavy atom. The van der Waals surface area contributed by atoms with Crippen LogP contribution in [0.5, 0.6) is 0 Å². The monoisotopic (exact) mass is 604 g/mol. The highest BCUT2D eigenvalue weighted by Gasteiger charge is 2.30. The molecule has 0 spiro atoms. The van der Waals surface area contributed by atoms with Gasteiger partial charge < -0.3 is 15.5 Å². The number of halogens is 4. The van der Waals surface area contributed by atoms with E-state index in [0.717, 1.165) is 22.2 Å². The van der Waals surface area contributed by atoms with Crippen LogP contribution in [0.1, 0.15) is 13.8 Å². The lowest BCUT2D eigenvalue weighted by Gasteiger charge is -2.38. The maximum absolute atomic E-state index is 13.3. The van der Waals surface area contributed by atoms with Crippen LogP contribution in [0, 0.1) is 0 Å². The highest BCUT2D eigenvalue weighted by atomic mass is 35.5. The van der Waals surface area contributed by atoms with Crippen LogP contribution in [0.15, 0.2) is 71.5 Å². The average molecular weight is 606 g/mol. The summed E-state index contributed by atoms with van der Waals surface area (Å²) in [5.41, 5.74) is 8.57. The summed E-state index contributed by atoms with van der Waals surface area (Å²) in [6.45, 7) is 5.74. The Bertz CT molecular complexity index is 1590. The molecule has 2 N–H and O–H groups in total. The molecule has 1 aromatic heterocycles. The van der Waals surface area contributed by atoms with Crippen LogP contribution < -0.4 is 16.2 Å². The van der Waals surface area contributed by atoms with E-state index in [1.165, 1.54) is 6.07 Å². The minimum atomic E-state index is -0.924. The number of aromatic nitrogens is 1. The van der Waals surface area contributed by atoms with Gasteiger partial charge in [-0.25, -0.2) is 0 Å². The second-order valence-corrected chi connectivity index (χ2v) is 11.2. The van der Waals surface area contributed by atoms with Gasteiger partial charge in [-0.1, -0.05) is 59.1 Å². The molecule has 1 saturated heterocycles. The summed E-state index contributed by atoms with van der Waals surface area (Å²) in [7, 11) is 0. The number of hydrogen-bond acceptors (Lipinski definition) is 4. The van der Waals surface area contributed by atoms with Crippen LogP contribution in [0.3, 0.4) is 0 Å². The predicted molar refractivity (Wildman–Crippen MR) is 164 cm³/mol. The molecule has 1 aliphatic heterocycles. The summed E-state index contributed by atoms with van der Waals surface area (Å²) in [5.74, 6) is -0.0744. The molecule has 2 heterocycles. The Hall–Kier alpha value is -2.74. The summed E-state index contributed by atoms with van der Waals surface area (Å²) >= 11 is 19.8. The number of benzene rings is 3. The molecule has 0 aliphatic carbocycles. The first-order valence-corrected chi connectivity index (χ1v) is 13.4. The number of anilines is 1. The summed E-state index contributed by atoms with van der Waals surface area (Å²) in [6.07, 6.45) is 0. The molecule has 4 aromatic rings. The summed E-state index contributed by atoms with van der Waals surface area (Å²) in [5, 5.41) is 2.16. The van der Waals surface area contributed by atoms with Gasteiger partial charge in [0.15, 0.2) is 0 Å². The zero-order valence-electron chi connectivity index (χ0n) is 21.5. The minimum absolute atomic E-state index is 0. The van der Waals surface area contributed by atoms with Crippen LogP contribution in [-0.4, -0.2) is 47.1 Å². The van der Waals surface area contributed by atoms with E-state index in [9.17, 15) is 9.59 Å². The van der Waals surface area contributed by atoms with Crippen molar-refractivity contribution >= 4 is 69.7 Å². The van der Waals surface area contributed by atoms with Crippen LogP contribution in [0.2, 0.25) is 15.1 Å². The average Bonchev–Trinajstić information content (AvgIpc) is 2.88. The van der Waals surface area contributed by atoms with Crippen molar-refractivity contribution in [2.24, 2.45) is 5.73 Å². The van der Waals surface area contributed by atoms with Gasteiger partial charge in [0.05, 0.1) is 26.8 Å². The lowest BCUT2D eigenvalue weighted by Crippen LogP contribution is -2.57. The fourth-order valence-corrected chi connectivity index (χ4v) is 5.73. The number of piperazine rings is 1. The number of nitrogens with two attached hydrogens (primary N) is 1. The molecule has 6 nitrogen and oxygen atoms in total. The van der Waals surface area contributed by atoms with E-state index in [2.05, 4.69) is 11.0 Å². The van der Waals surface area contributed by atoms with Crippen LogP contribution in [-0.2, 0) is 4.79 Å². The third kappa shape index (κ3) is 5.63. The number of hydrogen-bond donors (Lipinski definition) is 1. The summed E-state index contributed by atoms with van der Waals surface area (Å²) in [6, 6.07) is 20.2. The third-order valence-electron chi connectivity index (χ3n) is 6.81. The Morgan fingerprint density at radius 1 is 0.821 bits per heavy atom. The predicted octanol–water partition coefficient (Wildman–Crippen LogP) is 6.43. The van der Waals surface area contributed by atoms with Crippen molar-refractivity contribution in [3.05, 3.63) is 92.2 Å². The SMILES string of the molecule is CC(C)(N)C(=O)N1CCN(c2cc(-c3ccccc3Cl)c3ccc(=O)n(-c4c(Cl)cccc4Cl)c3c2)CC1.Cl. The summed E-state index contributed by atoms with van der Waals surface area (Å²) in [4.78, 5) is 30.0. The molecule has 5 rings (SSSR count). The third-order valence-corrected chi connectivity index (χ3v) is 7.74. The van der Waals surface area contributed by atoms with E-state index in [0.29, 0.717) is 52.5 Å². The van der Waals surface area contributed by atoms with Gasteiger partial charge in [-0.3, -0.25) is 14.2 Å². The Kier molecular flexibility index (Phi) is 8.55. The van der Waals surface area contributed by atoms with Crippen molar-refractivity contribution < 1.29 is 4.79 Å². The Morgan fingerprint density at radius 2 is 1.44 bits per heavy atom. The van der Waals surface area contributed by atoms with Gasteiger partial charge in [-0.2, -0.15) is 0 Å². The van der Waals surface area contributed by atoms with E-state index in [-0.39, 0.29) is 23.9 Å². The van der Waals surface area contributed by atoms with Crippen molar-refractivity contribution in [2.75, 3.05) is 31.1 Å². The maximum Gasteiger partial charge on any atom is 0.255 e. The smallest absolute Gasteiger partial charge is 0.255 e. The molecular formula is C29H28Cl4N4O2. The number of amides is 1. The second kappa shape index (κ2) is 11.4. The standard InChI is InChI=1S/C29H27Cl3N4O2.ClH/c1-29(2,33)28(38)35-14-12-34(13-15-35)18-16-21(19-6-3-4-7-22(19)30)20-10-11-26(37)36(25(20)17-18)27-23(31)8-5-9-24(27)32;/h3-11,16-17H,12-15,33H2,1-2H3;1H. The zero-order chi connectivity index (χ0) is 27.2. The second-order valence-electron chi connectivity index (χ2n) is 9.98. The van der Waals surface area contributed by atoms with Crippen LogP contribution in [0.25, 0.3) is 27.7 Å². The van der Waals surface area contributed by atoms with Gasteiger partial charge in [-0.05, 0) is 55.8 Å². The van der Waals surface area contributed by atoms with Crippen molar-refractivity contribution in [2.45, 2.75) is 19.4 Å². The minimum Gasteiger partial charge on any atom is -0.368 e. The lowest BCUT2D eigenvalue weighted by atomic mass is 9.98. The first-order valence-electron chi connectivity index (χ1n) is 12.3. The van der Waals surface area contributed by atoms with Crippen molar-refractivity contribution in [3.8, 4) is 16.8 Å². The molecule has 0 unspecified atom stereocenters. The topological polar surface area (TPSA) is 71.6 Å². The first-order chi connectivity index (χ1) is 18.1. The van der Waals surface area contributed by atoms with Crippen LogP contribution in [0.4, 0.5) is 5.69 Å². The van der Waals surface area contributed by atoms with Crippen molar-refractivity contribution in [1.29, 1.82) is 0 Å². The fraction of sp³-hybridized carbons (Fsp3) is 0.241. The quantitative estimate of drug-likeness (QED) is 0.291. The molecule has 0 saturated carbocycles. The molecule has 0 radical (unpaired) electrons. The van der Waals surface area contributed by atoms with Crippen molar-refractivity contribution in [1.82, 2.24) is 9.47 Å². The Labute approximate surface area is 248 Å². The zero-order valence-corrected chi connectivity index (χ0v) is 24.5. The van der Waals surface area contributed by atoms with Gasteiger partial charge in [0.1, 0.15) is 0 Å². The van der Waals surface area contributed by atoms with E-state index in [1.54, 1.807) is 47.6 Å². The molecule has 39 heavy (non-hydrogen) atoms. The number of para-hydroxylation sites is 1. The number of nitrogens with zero attached hydrogens (tertiary/aromatic N) is 3. The number of fused-ring (bicyclic) bond motifs is 1. The Balaban J connectivity index is 0.00000353. The molecule has 0 bridgehead atoms. The number of pyridine rings is 1. The van der Waals surface area contributed by atoms with Gasteiger partial charge in [0.2, 0.25) is 5.91 Å². The molecule has 1 aliphatic rings. The largest absolute Gasteiger partial charge is 0.368 e. The van der Waals surface area contributed by atoms with Gasteiger partial charge in [-0.15, -0.1) is 12.4 Å². The van der Waals surface area contributed by atoms with Crippen molar-refractivity contribution in [3.63, 3.8) is 0 Å². The van der Waals surface area contributed by atoms with E-state index in [4.69, 9.17) is 40.5 Å². The summed E-state index contributed by atoms with van der Waals surface area (Å²) < 4.78 is 1.56. The molecule has 10 heteroatoms. The molecular weight excluding hydrogens is 578 g/mol. The maximum atomic E-state index is 13.3. The molecule has 1 fully saturated rings. The number of carbonyl (C=O) groups is 1.